The molecule has 0 bridgehead atoms. The maximum Gasteiger partial charge on any atom is 0.227 e. The smallest absolute Gasteiger partial charge is 0.227 e. The predicted molar refractivity (Wildman–Crippen MR) is 92.5 cm³/mol. The van der Waals surface area contributed by atoms with Crippen LogP contribution in [0.25, 0.3) is 10.1 Å². The Morgan fingerprint density at radius 1 is 1.50 bits per heavy atom. The van der Waals surface area contributed by atoms with E-state index in [-0.39, 0.29) is 11.8 Å². The number of pyridine rings is 1. The molecule has 118 valence electrons. The molecule has 1 fully saturated rings. The van der Waals surface area contributed by atoms with Gasteiger partial charge in [-0.3, -0.25) is 4.79 Å². The molecule has 22 heavy (non-hydrogen) atoms. The first-order valence-corrected chi connectivity index (χ1v) is 8.90. The summed E-state index contributed by atoms with van der Waals surface area (Å²) in [6.07, 6.45) is 4.93. The zero-order valence-electron chi connectivity index (χ0n) is 13.3. The van der Waals surface area contributed by atoms with Gasteiger partial charge in [0.15, 0.2) is 0 Å². The largest absolute Gasteiger partial charge is 0.355 e. The van der Waals surface area contributed by atoms with E-state index < -0.39 is 0 Å². The number of amides is 1. The minimum absolute atomic E-state index is 0.0981. The lowest BCUT2D eigenvalue weighted by Crippen LogP contribution is -2.44. The first kappa shape index (κ1) is 15.3. The van der Waals surface area contributed by atoms with Crippen molar-refractivity contribution in [2.75, 3.05) is 31.6 Å². The van der Waals surface area contributed by atoms with E-state index in [4.69, 9.17) is 0 Å². The molecule has 1 atom stereocenters. The topological polar surface area (TPSA) is 36.4 Å². The van der Waals surface area contributed by atoms with E-state index in [1.165, 1.54) is 10.1 Å². The van der Waals surface area contributed by atoms with Crippen molar-refractivity contribution >= 4 is 33.1 Å². The van der Waals surface area contributed by atoms with Crippen LogP contribution in [0, 0.1) is 5.92 Å². The van der Waals surface area contributed by atoms with Crippen molar-refractivity contribution in [2.45, 2.75) is 26.2 Å². The molecule has 0 aromatic carbocycles. The van der Waals surface area contributed by atoms with Crippen molar-refractivity contribution in [3.05, 3.63) is 23.7 Å². The van der Waals surface area contributed by atoms with Crippen molar-refractivity contribution in [3.8, 4) is 0 Å². The lowest BCUT2D eigenvalue weighted by atomic mass is 9.96. The molecule has 1 aliphatic rings. The number of thiophene rings is 1. The number of hydrogen-bond acceptors (Lipinski definition) is 4. The first-order chi connectivity index (χ1) is 10.7. The summed E-state index contributed by atoms with van der Waals surface area (Å²) in [7, 11) is 1.92. The van der Waals surface area contributed by atoms with Gasteiger partial charge in [-0.1, -0.05) is 6.92 Å². The van der Waals surface area contributed by atoms with Crippen LogP contribution in [0.5, 0.6) is 0 Å². The van der Waals surface area contributed by atoms with Gasteiger partial charge in [-0.25, -0.2) is 4.98 Å². The van der Waals surface area contributed by atoms with E-state index in [1.807, 2.05) is 18.1 Å². The SMILES string of the molecule is CCCN(C)C(=O)C1CCCN(c2nccc3sccc23)C1. The molecule has 0 saturated carbocycles. The zero-order valence-corrected chi connectivity index (χ0v) is 14.1. The summed E-state index contributed by atoms with van der Waals surface area (Å²) >= 11 is 1.74. The molecule has 3 rings (SSSR count). The van der Waals surface area contributed by atoms with Crippen molar-refractivity contribution in [2.24, 2.45) is 5.92 Å². The third-order valence-electron chi connectivity index (χ3n) is 4.36. The summed E-state index contributed by atoms with van der Waals surface area (Å²) in [4.78, 5) is 21.3. The van der Waals surface area contributed by atoms with E-state index in [0.717, 1.165) is 44.7 Å². The third kappa shape index (κ3) is 2.95. The van der Waals surface area contributed by atoms with E-state index in [9.17, 15) is 4.79 Å². The van der Waals surface area contributed by atoms with E-state index in [1.54, 1.807) is 11.3 Å². The minimum Gasteiger partial charge on any atom is -0.355 e. The quantitative estimate of drug-likeness (QED) is 0.867. The number of aromatic nitrogens is 1. The van der Waals surface area contributed by atoms with Crippen LogP contribution in [-0.2, 0) is 4.79 Å². The summed E-state index contributed by atoms with van der Waals surface area (Å²) in [6, 6.07) is 4.20. The molecule has 4 nitrogen and oxygen atoms in total. The van der Waals surface area contributed by atoms with Crippen molar-refractivity contribution < 1.29 is 4.79 Å². The van der Waals surface area contributed by atoms with Crippen LogP contribution >= 0.6 is 11.3 Å². The van der Waals surface area contributed by atoms with Crippen LogP contribution in [0.15, 0.2) is 23.7 Å². The molecule has 3 heterocycles. The Hall–Kier alpha value is -1.62. The normalized spacial score (nSPS) is 18.6. The molecular weight excluding hydrogens is 294 g/mol. The number of piperidine rings is 1. The highest BCUT2D eigenvalue weighted by Gasteiger charge is 2.29. The lowest BCUT2D eigenvalue weighted by molar-refractivity contribution is -0.134. The van der Waals surface area contributed by atoms with Gasteiger partial charge in [-0.05, 0) is 36.8 Å². The van der Waals surface area contributed by atoms with Gasteiger partial charge < -0.3 is 9.80 Å². The van der Waals surface area contributed by atoms with E-state index >= 15 is 0 Å². The summed E-state index contributed by atoms with van der Waals surface area (Å²) in [5.41, 5.74) is 0. The Bertz CT molecular complexity index is 654. The van der Waals surface area contributed by atoms with Crippen molar-refractivity contribution in [1.82, 2.24) is 9.88 Å². The van der Waals surface area contributed by atoms with Crippen molar-refractivity contribution in [1.29, 1.82) is 0 Å². The highest BCUT2D eigenvalue weighted by Crippen LogP contribution is 2.31. The monoisotopic (exact) mass is 317 g/mol. The predicted octanol–water partition coefficient (Wildman–Crippen LogP) is 3.38. The second-order valence-electron chi connectivity index (χ2n) is 6.01. The average Bonchev–Trinajstić information content (AvgIpc) is 3.03. The molecule has 0 N–H and O–H groups in total. The van der Waals surface area contributed by atoms with Gasteiger partial charge in [0.2, 0.25) is 5.91 Å². The summed E-state index contributed by atoms with van der Waals surface area (Å²) in [5, 5.41) is 3.32. The highest BCUT2D eigenvalue weighted by atomic mass is 32.1. The molecule has 2 aromatic rings. The Morgan fingerprint density at radius 3 is 3.18 bits per heavy atom. The second kappa shape index (κ2) is 6.65. The Morgan fingerprint density at radius 2 is 2.36 bits per heavy atom. The molecule has 1 unspecified atom stereocenters. The number of carbonyl (C=O) groups excluding carboxylic acids is 1. The molecule has 1 amide bonds. The Labute approximate surface area is 135 Å². The highest BCUT2D eigenvalue weighted by molar-refractivity contribution is 7.17. The Balaban J connectivity index is 1.78. The second-order valence-corrected chi connectivity index (χ2v) is 6.96. The molecule has 1 saturated heterocycles. The average molecular weight is 317 g/mol. The van der Waals surface area contributed by atoms with Crippen molar-refractivity contribution in [3.63, 3.8) is 0 Å². The lowest BCUT2D eigenvalue weighted by Gasteiger charge is -2.35. The fourth-order valence-corrected chi connectivity index (χ4v) is 4.04. The van der Waals surface area contributed by atoms with E-state index in [2.05, 4.69) is 34.3 Å². The maximum atomic E-state index is 12.6. The molecule has 0 spiro atoms. The summed E-state index contributed by atoms with van der Waals surface area (Å²) in [6.45, 7) is 4.73. The fourth-order valence-electron chi connectivity index (χ4n) is 3.26. The molecule has 0 aliphatic carbocycles. The molecule has 5 heteroatoms. The number of carbonyl (C=O) groups is 1. The van der Waals surface area contributed by atoms with Crippen LogP contribution in [0.2, 0.25) is 0 Å². The van der Waals surface area contributed by atoms with Gasteiger partial charge in [0, 0.05) is 43.0 Å². The van der Waals surface area contributed by atoms with Crippen LogP contribution in [0.3, 0.4) is 0 Å². The van der Waals surface area contributed by atoms with Crippen LogP contribution in [-0.4, -0.2) is 42.5 Å². The number of fused-ring (bicyclic) bond motifs is 1. The van der Waals surface area contributed by atoms with Gasteiger partial charge in [0.05, 0.1) is 5.92 Å². The number of anilines is 1. The van der Waals surface area contributed by atoms with Gasteiger partial charge in [0.25, 0.3) is 0 Å². The van der Waals surface area contributed by atoms with Crippen LogP contribution < -0.4 is 4.90 Å². The fraction of sp³-hybridized carbons (Fsp3) is 0.529. The number of hydrogen-bond donors (Lipinski definition) is 0. The number of nitrogens with zero attached hydrogens (tertiary/aromatic N) is 3. The first-order valence-electron chi connectivity index (χ1n) is 8.03. The van der Waals surface area contributed by atoms with Gasteiger partial charge in [-0.15, -0.1) is 11.3 Å². The van der Waals surface area contributed by atoms with Crippen LogP contribution in [0.1, 0.15) is 26.2 Å². The molecule has 1 aliphatic heterocycles. The molecule has 2 aromatic heterocycles. The zero-order chi connectivity index (χ0) is 15.5. The molecule has 0 radical (unpaired) electrons. The molecular formula is C17H23N3OS. The third-order valence-corrected chi connectivity index (χ3v) is 5.25. The van der Waals surface area contributed by atoms with Gasteiger partial charge in [0.1, 0.15) is 5.82 Å². The van der Waals surface area contributed by atoms with Gasteiger partial charge in [-0.2, -0.15) is 0 Å². The van der Waals surface area contributed by atoms with Gasteiger partial charge >= 0.3 is 0 Å². The summed E-state index contributed by atoms with van der Waals surface area (Å²) in [5.74, 6) is 1.42. The number of rotatable bonds is 4. The van der Waals surface area contributed by atoms with Crippen LogP contribution in [0.4, 0.5) is 5.82 Å². The standard InChI is InChI=1S/C17H23N3OS/c1-3-9-19(2)17(21)13-5-4-10-20(12-13)16-14-7-11-22-15(14)6-8-18-16/h6-8,11,13H,3-5,9-10,12H2,1-2H3. The summed E-state index contributed by atoms with van der Waals surface area (Å²) < 4.78 is 1.27. The van der Waals surface area contributed by atoms with E-state index in [0.29, 0.717) is 0 Å². The maximum absolute atomic E-state index is 12.6. The Kier molecular flexibility index (Phi) is 4.62. The minimum atomic E-state index is 0.0981.